The van der Waals surface area contributed by atoms with E-state index in [0.717, 1.165) is 35.7 Å². The van der Waals surface area contributed by atoms with Crippen LogP contribution >= 0.6 is 0 Å². The predicted octanol–water partition coefficient (Wildman–Crippen LogP) is 4.77. The number of aromatic amines is 1. The summed E-state index contributed by atoms with van der Waals surface area (Å²) in [5.74, 6) is 0.243. The molecular formula is C23H25N3O. The van der Waals surface area contributed by atoms with Crippen LogP contribution in [0.15, 0.2) is 30.5 Å². The monoisotopic (exact) mass is 359 g/mol. The van der Waals surface area contributed by atoms with Crippen LogP contribution in [0.5, 0.6) is 0 Å². The number of Topliss-reactive ketones (excluding diaryl/α,β-unsaturated/α-hetero) is 1. The van der Waals surface area contributed by atoms with E-state index in [1.54, 1.807) is 0 Å². The summed E-state index contributed by atoms with van der Waals surface area (Å²) >= 11 is 0. The van der Waals surface area contributed by atoms with Crippen molar-refractivity contribution in [2.75, 3.05) is 5.32 Å². The Kier molecular flexibility index (Phi) is 3.20. The van der Waals surface area contributed by atoms with Crippen LogP contribution in [0.3, 0.4) is 0 Å². The molecule has 1 aliphatic carbocycles. The first-order valence-corrected chi connectivity index (χ1v) is 9.75. The molecule has 0 bridgehead atoms. The fourth-order valence-electron chi connectivity index (χ4n) is 5.13. The number of hydrogen-bond donors (Lipinski definition) is 2. The van der Waals surface area contributed by atoms with E-state index in [4.69, 9.17) is 0 Å². The van der Waals surface area contributed by atoms with Gasteiger partial charge < -0.3 is 5.32 Å². The SMILES string of the molecule is CC1(C)Nc2c(cc(-c3cccc4[nH]ncc34)c3c2CCC3)C(C)(C)C1=O. The molecule has 2 heterocycles. The molecule has 0 saturated carbocycles. The fourth-order valence-corrected chi connectivity index (χ4v) is 5.13. The van der Waals surface area contributed by atoms with Gasteiger partial charge in [0.25, 0.3) is 0 Å². The first-order valence-electron chi connectivity index (χ1n) is 9.75. The van der Waals surface area contributed by atoms with Gasteiger partial charge in [-0.05, 0) is 86.9 Å². The highest BCUT2D eigenvalue weighted by Gasteiger charge is 2.47. The number of carbonyl (C=O) groups is 1. The molecule has 138 valence electrons. The average Bonchev–Trinajstić information content (AvgIpc) is 3.29. The van der Waals surface area contributed by atoms with Gasteiger partial charge in [-0.15, -0.1) is 0 Å². The molecule has 0 amide bonds. The summed E-state index contributed by atoms with van der Waals surface area (Å²) in [6.07, 6.45) is 5.22. The van der Waals surface area contributed by atoms with E-state index in [-0.39, 0.29) is 5.78 Å². The normalized spacial score (nSPS) is 19.6. The van der Waals surface area contributed by atoms with Crippen LogP contribution in [0, 0.1) is 0 Å². The zero-order chi connectivity index (χ0) is 19.0. The van der Waals surface area contributed by atoms with Crippen molar-refractivity contribution in [1.82, 2.24) is 10.2 Å². The molecule has 4 heteroatoms. The Morgan fingerprint density at radius 1 is 1.04 bits per heavy atom. The molecule has 0 atom stereocenters. The molecule has 1 aromatic heterocycles. The second-order valence-electron chi connectivity index (χ2n) is 9.00. The third kappa shape index (κ3) is 2.16. The molecule has 5 rings (SSSR count). The second kappa shape index (κ2) is 5.22. The second-order valence-corrected chi connectivity index (χ2v) is 9.00. The lowest BCUT2D eigenvalue weighted by Gasteiger charge is -2.43. The zero-order valence-corrected chi connectivity index (χ0v) is 16.4. The van der Waals surface area contributed by atoms with Crippen LogP contribution in [0.4, 0.5) is 5.69 Å². The van der Waals surface area contributed by atoms with Crippen molar-refractivity contribution in [3.8, 4) is 11.1 Å². The fraction of sp³-hybridized carbons (Fsp3) is 0.391. The van der Waals surface area contributed by atoms with Crippen molar-refractivity contribution in [3.63, 3.8) is 0 Å². The number of carbonyl (C=O) groups excluding carboxylic acids is 1. The van der Waals surface area contributed by atoms with E-state index in [0.29, 0.717) is 0 Å². The first kappa shape index (κ1) is 16.5. The average molecular weight is 359 g/mol. The molecule has 0 radical (unpaired) electrons. The number of aromatic nitrogens is 2. The minimum Gasteiger partial charge on any atom is -0.373 e. The number of benzene rings is 2. The van der Waals surface area contributed by atoms with Crippen molar-refractivity contribution < 1.29 is 4.79 Å². The quantitative estimate of drug-likeness (QED) is 0.658. The zero-order valence-electron chi connectivity index (χ0n) is 16.4. The highest BCUT2D eigenvalue weighted by Crippen LogP contribution is 2.48. The van der Waals surface area contributed by atoms with Crippen LogP contribution in [0.2, 0.25) is 0 Å². The maximum Gasteiger partial charge on any atom is 0.167 e. The van der Waals surface area contributed by atoms with Gasteiger partial charge in [0, 0.05) is 11.1 Å². The highest BCUT2D eigenvalue weighted by atomic mass is 16.1. The Morgan fingerprint density at radius 3 is 2.63 bits per heavy atom. The molecule has 2 aliphatic rings. The van der Waals surface area contributed by atoms with Gasteiger partial charge in [-0.25, -0.2) is 0 Å². The van der Waals surface area contributed by atoms with Crippen molar-refractivity contribution >= 4 is 22.4 Å². The smallest absolute Gasteiger partial charge is 0.167 e. The molecule has 3 aromatic rings. The number of ketones is 1. The minimum absolute atomic E-state index is 0.243. The summed E-state index contributed by atoms with van der Waals surface area (Å²) in [5, 5.41) is 12.0. The van der Waals surface area contributed by atoms with Crippen molar-refractivity contribution in [1.29, 1.82) is 0 Å². The lowest BCUT2D eigenvalue weighted by molar-refractivity contribution is -0.127. The standard InChI is InChI=1S/C23H25N3O/c1-22(2)18-11-16(14-8-6-10-19-17(14)12-24-26-19)13-7-5-9-15(13)20(18)25-23(3,4)21(22)27/h6,8,10-12,25H,5,7,9H2,1-4H3,(H,24,26). The topological polar surface area (TPSA) is 57.8 Å². The molecule has 2 N–H and O–H groups in total. The number of anilines is 1. The predicted molar refractivity (Wildman–Crippen MR) is 109 cm³/mol. The molecular weight excluding hydrogens is 334 g/mol. The van der Waals surface area contributed by atoms with E-state index in [2.05, 4.69) is 53.6 Å². The van der Waals surface area contributed by atoms with Gasteiger partial charge in [-0.1, -0.05) is 12.1 Å². The van der Waals surface area contributed by atoms with Gasteiger partial charge in [0.2, 0.25) is 0 Å². The van der Waals surface area contributed by atoms with Crippen LogP contribution in [0.1, 0.15) is 50.8 Å². The number of hydrogen-bond acceptors (Lipinski definition) is 3. The summed E-state index contributed by atoms with van der Waals surface area (Å²) < 4.78 is 0. The van der Waals surface area contributed by atoms with Gasteiger partial charge in [0.15, 0.2) is 5.78 Å². The van der Waals surface area contributed by atoms with E-state index in [9.17, 15) is 4.79 Å². The number of fused-ring (bicyclic) bond motifs is 4. The summed E-state index contributed by atoms with van der Waals surface area (Å²) in [7, 11) is 0. The van der Waals surface area contributed by atoms with Gasteiger partial charge in [0.1, 0.15) is 0 Å². The first-order chi connectivity index (χ1) is 12.8. The van der Waals surface area contributed by atoms with Gasteiger partial charge in [-0.2, -0.15) is 5.10 Å². The number of nitrogens with zero attached hydrogens (tertiary/aromatic N) is 1. The maximum atomic E-state index is 13.2. The van der Waals surface area contributed by atoms with Crippen LogP contribution in [0.25, 0.3) is 22.0 Å². The van der Waals surface area contributed by atoms with E-state index in [1.165, 1.54) is 27.9 Å². The third-order valence-corrected chi connectivity index (χ3v) is 6.42. The Balaban J connectivity index is 1.84. The molecule has 0 fully saturated rings. The number of nitrogens with one attached hydrogen (secondary N) is 2. The van der Waals surface area contributed by atoms with Crippen LogP contribution in [-0.4, -0.2) is 21.5 Å². The molecule has 0 spiro atoms. The Labute approximate surface area is 159 Å². The molecule has 2 aromatic carbocycles. The Hall–Kier alpha value is -2.62. The van der Waals surface area contributed by atoms with Crippen LogP contribution < -0.4 is 5.32 Å². The maximum absolute atomic E-state index is 13.2. The van der Waals surface area contributed by atoms with Crippen molar-refractivity contribution in [2.45, 2.75) is 57.9 Å². The van der Waals surface area contributed by atoms with E-state index < -0.39 is 11.0 Å². The van der Waals surface area contributed by atoms with Gasteiger partial charge in [-0.3, -0.25) is 9.89 Å². The lowest BCUT2D eigenvalue weighted by Crippen LogP contribution is -2.53. The molecule has 4 nitrogen and oxygen atoms in total. The van der Waals surface area contributed by atoms with E-state index in [1.807, 2.05) is 20.0 Å². The highest BCUT2D eigenvalue weighted by molar-refractivity contribution is 6.04. The summed E-state index contributed by atoms with van der Waals surface area (Å²) in [6.45, 7) is 8.14. The summed E-state index contributed by atoms with van der Waals surface area (Å²) in [6, 6.07) is 8.57. The lowest BCUT2D eigenvalue weighted by atomic mass is 9.68. The Morgan fingerprint density at radius 2 is 1.81 bits per heavy atom. The van der Waals surface area contributed by atoms with Crippen LogP contribution in [-0.2, 0) is 23.1 Å². The Bertz CT molecular complexity index is 1100. The minimum atomic E-state index is -0.543. The van der Waals surface area contributed by atoms with Gasteiger partial charge >= 0.3 is 0 Å². The van der Waals surface area contributed by atoms with Gasteiger partial charge in [0.05, 0.1) is 22.7 Å². The number of H-pyrrole nitrogens is 1. The molecule has 1 aliphatic heterocycles. The third-order valence-electron chi connectivity index (χ3n) is 6.42. The summed E-state index contributed by atoms with van der Waals surface area (Å²) in [4.78, 5) is 13.2. The number of rotatable bonds is 1. The van der Waals surface area contributed by atoms with Crippen molar-refractivity contribution in [2.24, 2.45) is 0 Å². The summed E-state index contributed by atoms with van der Waals surface area (Å²) in [5.41, 5.74) is 7.60. The molecule has 27 heavy (non-hydrogen) atoms. The largest absolute Gasteiger partial charge is 0.373 e. The van der Waals surface area contributed by atoms with Crippen molar-refractivity contribution in [3.05, 3.63) is 47.2 Å². The molecule has 0 unspecified atom stereocenters. The van der Waals surface area contributed by atoms with E-state index >= 15 is 0 Å². The molecule has 0 saturated heterocycles.